The van der Waals surface area contributed by atoms with E-state index < -0.39 is 17.5 Å². The van der Waals surface area contributed by atoms with Crippen molar-refractivity contribution in [1.29, 1.82) is 0 Å². The molecule has 25 heavy (non-hydrogen) atoms. The first-order valence-electron chi connectivity index (χ1n) is 7.83. The maximum Gasteiger partial charge on any atom is 0.296 e. The van der Waals surface area contributed by atoms with E-state index >= 15 is 0 Å². The fraction of sp³-hybridized carbons (Fsp3) is 0.158. The van der Waals surface area contributed by atoms with E-state index in [1.807, 2.05) is 13.8 Å². The molecule has 3 aromatic rings. The van der Waals surface area contributed by atoms with E-state index in [0.717, 1.165) is 0 Å². The normalized spacial score (nSPS) is 10.9. The number of benzene rings is 2. The minimum Gasteiger partial charge on any atom is -0.491 e. The lowest BCUT2D eigenvalue weighted by Gasteiger charge is -2.10. The van der Waals surface area contributed by atoms with Gasteiger partial charge in [0.15, 0.2) is 0 Å². The van der Waals surface area contributed by atoms with Gasteiger partial charge in [-0.25, -0.2) is 4.39 Å². The largest absolute Gasteiger partial charge is 0.491 e. The van der Waals surface area contributed by atoms with Gasteiger partial charge in [0.25, 0.3) is 11.7 Å². The van der Waals surface area contributed by atoms with Crippen molar-refractivity contribution in [2.75, 3.05) is 5.32 Å². The monoisotopic (exact) mass is 340 g/mol. The average Bonchev–Trinajstić information content (AvgIpc) is 2.98. The summed E-state index contributed by atoms with van der Waals surface area (Å²) in [5.74, 6) is -1.32. The van der Waals surface area contributed by atoms with Crippen molar-refractivity contribution >= 4 is 28.3 Å². The molecule has 1 amide bonds. The van der Waals surface area contributed by atoms with Crippen molar-refractivity contribution in [2.45, 2.75) is 20.0 Å². The predicted octanol–water partition coefficient (Wildman–Crippen LogP) is 3.92. The van der Waals surface area contributed by atoms with E-state index in [1.54, 1.807) is 24.3 Å². The number of halogens is 1. The van der Waals surface area contributed by atoms with Crippen LogP contribution in [0.15, 0.2) is 48.7 Å². The molecule has 0 aliphatic rings. The number of rotatable bonds is 5. The number of amides is 1. The first-order valence-corrected chi connectivity index (χ1v) is 7.83. The number of aromatic nitrogens is 1. The van der Waals surface area contributed by atoms with E-state index in [0.29, 0.717) is 22.3 Å². The van der Waals surface area contributed by atoms with Crippen LogP contribution in [0.5, 0.6) is 5.75 Å². The van der Waals surface area contributed by atoms with Crippen LogP contribution in [-0.2, 0) is 4.79 Å². The van der Waals surface area contributed by atoms with Crippen LogP contribution in [0.25, 0.3) is 10.9 Å². The zero-order valence-electron chi connectivity index (χ0n) is 13.8. The summed E-state index contributed by atoms with van der Waals surface area (Å²) in [6.07, 6.45) is 1.45. The Morgan fingerprint density at radius 2 is 1.84 bits per heavy atom. The number of carbonyl (C=O) groups excluding carboxylic acids is 2. The summed E-state index contributed by atoms with van der Waals surface area (Å²) in [6.45, 7) is 3.83. The number of ether oxygens (including phenoxy) is 1. The Hall–Kier alpha value is -3.15. The maximum absolute atomic E-state index is 13.4. The van der Waals surface area contributed by atoms with Gasteiger partial charge in [0.1, 0.15) is 11.6 Å². The van der Waals surface area contributed by atoms with E-state index in [-0.39, 0.29) is 11.7 Å². The lowest BCUT2D eigenvalue weighted by molar-refractivity contribution is -0.112. The first kappa shape index (κ1) is 16.7. The van der Waals surface area contributed by atoms with Gasteiger partial charge in [-0.2, -0.15) is 0 Å². The minimum atomic E-state index is -0.789. The second-order valence-corrected chi connectivity index (χ2v) is 5.87. The summed E-state index contributed by atoms with van der Waals surface area (Å²) in [6, 6.07) is 10.8. The molecule has 2 N–H and O–H groups in total. The molecule has 0 radical (unpaired) electrons. The molecule has 1 heterocycles. The van der Waals surface area contributed by atoms with E-state index in [2.05, 4.69) is 10.3 Å². The van der Waals surface area contributed by atoms with Gasteiger partial charge >= 0.3 is 0 Å². The average molecular weight is 340 g/mol. The van der Waals surface area contributed by atoms with Crippen LogP contribution in [-0.4, -0.2) is 22.8 Å². The van der Waals surface area contributed by atoms with Crippen LogP contribution in [0.3, 0.4) is 0 Å². The molecule has 5 nitrogen and oxygen atoms in total. The Kier molecular flexibility index (Phi) is 4.52. The van der Waals surface area contributed by atoms with Crippen LogP contribution in [0, 0.1) is 5.82 Å². The zero-order chi connectivity index (χ0) is 18.0. The first-order chi connectivity index (χ1) is 11.9. The summed E-state index contributed by atoms with van der Waals surface area (Å²) < 4.78 is 18.9. The molecule has 0 bridgehead atoms. The smallest absolute Gasteiger partial charge is 0.296 e. The van der Waals surface area contributed by atoms with Crippen molar-refractivity contribution in [1.82, 2.24) is 4.98 Å². The van der Waals surface area contributed by atoms with Gasteiger partial charge in [-0.15, -0.1) is 0 Å². The number of carbonyl (C=O) groups is 2. The quantitative estimate of drug-likeness (QED) is 0.546. The van der Waals surface area contributed by atoms with E-state index in [9.17, 15) is 14.0 Å². The summed E-state index contributed by atoms with van der Waals surface area (Å²) in [7, 11) is 0. The van der Waals surface area contributed by atoms with Crippen LogP contribution in [0.2, 0.25) is 0 Å². The number of hydrogen-bond donors (Lipinski definition) is 2. The molecule has 0 aliphatic heterocycles. The maximum atomic E-state index is 13.4. The van der Waals surface area contributed by atoms with Gasteiger partial charge < -0.3 is 15.0 Å². The van der Waals surface area contributed by atoms with Gasteiger partial charge in [-0.3, -0.25) is 9.59 Å². The number of nitrogens with one attached hydrogen (secondary N) is 2. The van der Waals surface area contributed by atoms with Gasteiger partial charge in [0.05, 0.1) is 11.7 Å². The number of fused-ring (bicyclic) bond motifs is 1. The number of Topliss-reactive ketones (excluding diaryl/α,β-unsaturated/α-hetero) is 1. The Labute approximate surface area is 143 Å². The molecule has 0 atom stereocenters. The van der Waals surface area contributed by atoms with Crippen molar-refractivity contribution in [3.8, 4) is 5.75 Å². The Balaban J connectivity index is 1.76. The zero-order valence-corrected chi connectivity index (χ0v) is 13.8. The molecule has 0 fully saturated rings. The molecule has 0 aliphatic carbocycles. The molecule has 128 valence electrons. The summed E-state index contributed by atoms with van der Waals surface area (Å²) in [5, 5.41) is 2.91. The molecular weight excluding hydrogens is 323 g/mol. The highest BCUT2D eigenvalue weighted by Gasteiger charge is 2.20. The SMILES string of the molecule is CC(C)Oc1ccc(NC(=O)C(=O)c2c[nH]c3ccc(F)cc23)cc1. The van der Waals surface area contributed by atoms with Crippen molar-refractivity contribution < 1.29 is 18.7 Å². The van der Waals surface area contributed by atoms with Crippen LogP contribution in [0.4, 0.5) is 10.1 Å². The third-order valence-electron chi connectivity index (χ3n) is 3.58. The summed E-state index contributed by atoms with van der Waals surface area (Å²) >= 11 is 0. The molecule has 0 unspecified atom stereocenters. The van der Waals surface area contributed by atoms with E-state index in [4.69, 9.17) is 4.74 Å². The molecular formula is C19H17FN2O3. The fourth-order valence-electron chi connectivity index (χ4n) is 2.48. The van der Waals surface area contributed by atoms with Crippen molar-refractivity contribution in [2.24, 2.45) is 0 Å². The molecule has 0 saturated heterocycles. The third-order valence-corrected chi connectivity index (χ3v) is 3.58. The Bertz CT molecular complexity index is 929. The topological polar surface area (TPSA) is 71.2 Å². The summed E-state index contributed by atoms with van der Waals surface area (Å²) in [4.78, 5) is 27.4. The molecule has 6 heteroatoms. The number of H-pyrrole nitrogens is 1. The molecule has 1 aromatic heterocycles. The fourth-order valence-corrected chi connectivity index (χ4v) is 2.48. The summed E-state index contributed by atoms with van der Waals surface area (Å²) in [5.41, 5.74) is 1.19. The molecule has 0 saturated carbocycles. The highest BCUT2D eigenvalue weighted by molar-refractivity contribution is 6.48. The van der Waals surface area contributed by atoms with Gasteiger partial charge in [0, 0.05) is 22.8 Å². The van der Waals surface area contributed by atoms with Gasteiger partial charge in [0.2, 0.25) is 0 Å². The van der Waals surface area contributed by atoms with Crippen molar-refractivity contribution in [3.05, 3.63) is 60.0 Å². The number of anilines is 1. The highest BCUT2D eigenvalue weighted by Crippen LogP contribution is 2.21. The molecule has 2 aromatic carbocycles. The van der Waals surface area contributed by atoms with E-state index in [1.165, 1.54) is 24.4 Å². The highest BCUT2D eigenvalue weighted by atomic mass is 19.1. The second kappa shape index (κ2) is 6.76. The predicted molar refractivity (Wildman–Crippen MR) is 93.4 cm³/mol. The number of ketones is 1. The molecule has 3 rings (SSSR count). The minimum absolute atomic E-state index is 0.0456. The lowest BCUT2D eigenvalue weighted by atomic mass is 10.1. The van der Waals surface area contributed by atoms with Crippen LogP contribution < -0.4 is 10.1 Å². The van der Waals surface area contributed by atoms with Crippen LogP contribution in [0.1, 0.15) is 24.2 Å². The van der Waals surface area contributed by atoms with Gasteiger partial charge in [-0.05, 0) is 56.3 Å². The number of aromatic amines is 1. The lowest BCUT2D eigenvalue weighted by Crippen LogP contribution is -2.22. The second-order valence-electron chi connectivity index (χ2n) is 5.87. The Morgan fingerprint density at radius 1 is 1.12 bits per heavy atom. The van der Waals surface area contributed by atoms with Crippen molar-refractivity contribution in [3.63, 3.8) is 0 Å². The van der Waals surface area contributed by atoms with Crippen LogP contribution >= 0.6 is 0 Å². The Morgan fingerprint density at radius 3 is 2.52 bits per heavy atom. The number of hydrogen-bond acceptors (Lipinski definition) is 3. The molecule has 0 spiro atoms. The van der Waals surface area contributed by atoms with Gasteiger partial charge in [-0.1, -0.05) is 0 Å². The third kappa shape index (κ3) is 3.68. The standard InChI is InChI=1S/C19H17FN2O3/c1-11(2)25-14-6-4-13(5-7-14)22-19(24)18(23)16-10-21-17-8-3-12(20)9-15(16)17/h3-11,21H,1-2H3,(H,22,24).